The summed E-state index contributed by atoms with van der Waals surface area (Å²) in [4.78, 5) is 16.7. The molecule has 2 aromatic heterocycles. The van der Waals surface area contributed by atoms with Gasteiger partial charge >= 0.3 is 0 Å². The fraction of sp³-hybridized carbons (Fsp3) is 0.0870. The van der Waals surface area contributed by atoms with Crippen LogP contribution in [0.25, 0.3) is 27.6 Å². The topological polar surface area (TPSA) is 85.6 Å². The Balaban J connectivity index is 1.38. The number of rotatable bonds is 6. The molecule has 0 spiro atoms. The molecular formula is C23H19N3O4S2. The fourth-order valence-electron chi connectivity index (χ4n) is 2.94. The van der Waals surface area contributed by atoms with Crippen molar-refractivity contribution in [3.05, 3.63) is 66.4 Å². The molecule has 0 unspecified atom stereocenters. The van der Waals surface area contributed by atoms with E-state index in [-0.39, 0.29) is 11.0 Å². The van der Waals surface area contributed by atoms with Gasteiger partial charge in [0.15, 0.2) is 10.2 Å². The number of methoxy groups -OCH3 is 2. The normalized spacial score (nSPS) is 10.9. The highest BCUT2D eigenvalue weighted by atomic mass is 32.1. The smallest absolute Gasteiger partial charge is 0.250 e. The SMILES string of the molecule is COc1cc(OC)c2nc(NC(=S)NC(=O)/C=C/c3ccc(-c4ccccc4)o3)sc2c1. The van der Waals surface area contributed by atoms with Gasteiger partial charge in [-0.1, -0.05) is 41.7 Å². The van der Waals surface area contributed by atoms with Crippen LogP contribution in [0.1, 0.15) is 5.76 Å². The largest absolute Gasteiger partial charge is 0.497 e. The number of furan rings is 1. The highest BCUT2D eigenvalue weighted by Crippen LogP contribution is 2.36. The molecule has 0 aliphatic heterocycles. The summed E-state index contributed by atoms with van der Waals surface area (Å²) in [5.74, 6) is 2.16. The first-order valence-electron chi connectivity index (χ1n) is 9.53. The second-order valence-corrected chi connectivity index (χ2v) is 7.98. The van der Waals surface area contributed by atoms with Gasteiger partial charge in [-0.05, 0) is 36.5 Å². The van der Waals surface area contributed by atoms with Gasteiger partial charge in [-0.25, -0.2) is 4.98 Å². The van der Waals surface area contributed by atoms with E-state index in [1.165, 1.54) is 17.4 Å². The van der Waals surface area contributed by atoms with Gasteiger partial charge in [0, 0.05) is 17.7 Å². The summed E-state index contributed by atoms with van der Waals surface area (Å²) in [7, 11) is 3.16. The molecule has 0 saturated heterocycles. The number of amides is 1. The minimum atomic E-state index is -0.388. The van der Waals surface area contributed by atoms with E-state index >= 15 is 0 Å². The number of hydrogen-bond donors (Lipinski definition) is 2. The van der Waals surface area contributed by atoms with E-state index in [2.05, 4.69) is 15.6 Å². The third kappa shape index (κ3) is 4.96. The zero-order chi connectivity index (χ0) is 22.5. The van der Waals surface area contributed by atoms with Crippen LogP contribution in [0.2, 0.25) is 0 Å². The van der Waals surface area contributed by atoms with Crippen LogP contribution in [0.15, 0.2) is 65.1 Å². The molecule has 4 rings (SSSR count). The van der Waals surface area contributed by atoms with Gasteiger partial charge in [0.05, 0.1) is 18.9 Å². The summed E-state index contributed by atoms with van der Waals surface area (Å²) in [5.41, 5.74) is 1.65. The van der Waals surface area contributed by atoms with Crippen LogP contribution in [0, 0.1) is 0 Å². The Morgan fingerprint density at radius 3 is 2.69 bits per heavy atom. The number of benzene rings is 2. The number of nitrogens with one attached hydrogen (secondary N) is 2. The second-order valence-electron chi connectivity index (χ2n) is 6.54. The van der Waals surface area contributed by atoms with Crippen molar-refractivity contribution in [3.8, 4) is 22.8 Å². The van der Waals surface area contributed by atoms with E-state index in [1.807, 2.05) is 42.5 Å². The molecule has 1 amide bonds. The lowest BCUT2D eigenvalue weighted by Gasteiger charge is -2.04. The molecule has 0 radical (unpaired) electrons. The standard InChI is InChI=1S/C23H19N3O4S2/c1-28-16-12-18(29-2)21-19(13-16)32-23(25-21)26-22(31)24-20(27)11-9-15-8-10-17(30-15)14-6-4-3-5-7-14/h3-13H,1-2H3,(H2,24,25,26,27,31)/b11-9+. The van der Waals surface area contributed by atoms with Crippen LogP contribution in [0.5, 0.6) is 11.5 Å². The highest BCUT2D eigenvalue weighted by Gasteiger charge is 2.13. The van der Waals surface area contributed by atoms with Crippen LogP contribution >= 0.6 is 23.6 Å². The summed E-state index contributed by atoms with van der Waals surface area (Å²) in [5, 5.41) is 6.18. The number of ether oxygens (including phenoxy) is 2. The lowest BCUT2D eigenvalue weighted by Crippen LogP contribution is -2.32. The Labute approximate surface area is 193 Å². The number of hydrogen-bond acceptors (Lipinski definition) is 7. The molecule has 162 valence electrons. The maximum absolute atomic E-state index is 12.2. The zero-order valence-electron chi connectivity index (χ0n) is 17.2. The Bertz CT molecular complexity index is 1300. The molecule has 0 aliphatic rings. The lowest BCUT2D eigenvalue weighted by atomic mass is 10.2. The summed E-state index contributed by atoms with van der Waals surface area (Å²) in [6.07, 6.45) is 2.94. The summed E-state index contributed by atoms with van der Waals surface area (Å²) in [6, 6.07) is 17.0. The van der Waals surface area contributed by atoms with Gasteiger partial charge in [0.25, 0.3) is 0 Å². The van der Waals surface area contributed by atoms with Gasteiger partial charge in [-0.15, -0.1) is 0 Å². The number of carbonyl (C=O) groups is 1. The predicted octanol–water partition coefficient (Wildman–Crippen LogP) is 5.10. The number of carbonyl (C=O) groups excluding carboxylic acids is 1. The maximum atomic E-state index is 12.2. The predicted molar refractivity (Wildman–Crippen MR) is 130 cm³/mol. The maximum Gasteiger partial charge on any atom is 0.250 e. The quantitative estimate of drug-likeness (QED) is 0.303. The molecule has 7 nitrogen and oxygen atoms in total. The lowest BCUT2D eigenvalue weighted by molar-refractivity contribution is -0.115. The van der Waals surface area contributed by atoms with Crippen molar-refractivity contribution in [2.75, 3.05) is 19.5 Å². The molecule has 0 fully saturated rings. The fourth-order valence-corrected chi connectivity index (χ4v) is 4.12. The van der Waals surface area contributed by atoms with Gasteiger partial charge in [0.2, 0.25) is 5.91 Å². The number of nitrogens with zero attached hydrogens (tertiary/aromatic N) is 1. The number of thiazole rings is 1. The summed E-state index contributed by atoms with van der Waals surface area (Å²) >= 11 is 6.60. The van der Waals surface area contributed by atoms with Gasteiger partial charge in [-0.3, -0.25) is 10.1 Å². The van der Waals surface area contributed by atoms with Crippen LogP contribution in [0.3, 0.4) is 0 Å². The molecule has 2 heterocycles. The molecule has 0 bridgehead atoms. The first-order valence-corrected chi connectivity index (χ1v) is 10.8. The van der Waals surface area contributed by atoms with Gasteiger partial charge in [0.1, 0.15) is 28.5 Å². The number of thiocarbonyl (C=S) groups is 1. The van der Waals surface area contributed by atoms with Crippen molar-refractivity contribution < 1.29 is 18.7 Å². The van der Waals surface area contributed by atoms with E-state index in [0.29, 0.717) is 27.9 Å². The third-order valence-electron chi connectivity index (χ3n) is 4.43. The monoisotopic (exact) mass is 465 g/mol. The molecule has 2 N–H and O–H groups in total. The van der Waals surface area contributed by atoms with Crippen molar-refractivity contribution in [3.63, 3.8) is 0 Å². The minimum absolute atomic E-state index is 0.133. The Morgan fingerprint density at radius 1 is 1.12 bits per heavy atom. The highest BCUT2D eigenvalue weighted by molar-refractivity contribution is 7.80. The van der Waals surface area contributed by atoms with Crippen molar-refractivity contribution in [1.82, 2.24) is 10.3 Å². The zero-order valence-corrected chi connectivity index (χ0v) is 18.9. The van der Waals surface area contributed by atoms with Crippen LogP contribution < -0.4 is 20.1 Å². The number of fused-ring (bicyclic) bond motifs is 1. The molecule has 4 aromatic rings. The molecule has 2 aromatic carbocycles. The Morgan fingerprint density at radius 2 is 1.94 bits per heavy atom. The molecule has 0 saturated carbocycles. The van der Waals surface area contributed by atoms with Crippen molar-refractivity contribution in [1.29, 1.82) is 0 Å². The molecule has 0 atom stereocenters. The van der Waals surface area contributed by atoms with E-state index < -0.39 is 0 Å². The van der Waals surface area contributed by atoms with Crippen molar-refractivity contribution >= 4 is 56.0 Å². The number of aromatic nitrogens is 1. The third-order valence-corrected chi connectivity index (χ3v) is 5.55. The first-order chi connectivity index (χ1) is 15.6. The number of anilines is 1. The van der Waals surface area contributed by atoms with E-state index in [0.717, 1.165) is 16.0 Å². The minimum Gasteiger partial charge on any atom is -0.497 e. The Hall–Kier alpha value is -3.69. The second kappa shape index (κ2) is 9.63. The van der Waals surface area contributed by atoms with Gasteiger partial charge < -0.3 is 19.2 Å². The molecule has 0 aliphatic carbocycles. The first kappa shape index (κ1) is 21.5. The molecular weight excluding hydrogens is 446 g/mol. The average Bonchev–Trinajstić information content (AvgIpc) is 3.44. The van der Waals surface area contributed by atoms with E-state index in [9.17, 15) is 4.79 Å². The summed E-state index contributed by atoms with van der Waals surface area (Å²) < 4.78 is 17.3. The molecule has 9 heteroatoms. The van der Waals surface area contributed by atoms with Gasteiger partial charge in [-0.2, -0.15) is 0 Å². The van der Waals surface area contributed by atoms with E-state index in [1.54, 1.807) is 32.4 Å². The Kier molecular flexibility index (Phi) is 6.48. The summed E-state index contributed by atoms with van der Waals surface area (Å²) in [6.45, 7) is 0. The van der Waals surface area contributed by atoms with Crippen LogP contribution in [-0.2, 0) is 4.79 Å². The van der Waals surface area contributed by atoms with Crippen molar-refractivity contribution in [2.24, 2.45) is 0 Å². The molecule has 32 heavy (non-hydrogen) atoms. The van der Waals surface area contributed by atoms with Crippen LogP contribution in [0.4, 0.5) is 5.13 Å². The average molecular weight is 466 g/mol. The van der Waals surface area contributed by atoms with Crippen LogP contribution in [-0.4, -0.2) is 30.2 Å². The van der Waals surface area contributed by atoms with E-state index in [4.69, 9.17) is 26.1 Å². The van der Waals surface area contributed by atoms with Crippen molar-refractivity contribution in [2.45, 2.75) is 0 Å².